The summed E-state index contributed by atoms with van der Waals surface area (Å²) < 4.78 is 0. The Labute approximate surface area is 127 Å². The molecule has 1 atom stereocenters. The van der Waals surface area contributed by atoms with Crippen molar-refractivity contribution in [1.29, 1.82) is 0 Å². The normalized spacial score (nSPS) is 17.4. The predicted octanol–water partition coefficient (Wildman–Crippen LogP) is 1.75. The number of nitrogens with one attached hydrogen (secondary N) is 2. The third-order valence-corrected chi connectivity index (χ3v) is 3.56. The molecular weight excluding hydrogens is 301 g/mol. The van der Waals surface area contributed by atoms with E-state index in [1.54, 1.807) is 25.1 Å². The second kappa shape index (κ2) is 6.43. The van der Waals surface area contributed by atoms with E-state index in [1.165, 1.54) is 0 Å². The van der Waals surface area contributed by atoms with Crippen molar-refractivity contribution in [3.63, 3.8) is 0 Å². The zero-order valence-electron chi connectivity index (χ0n) is 11.0. The van der Waals surface area contributed by atoms with Crippen LogP contribution in [0.15, 0.2) is 18.2 Å². The molecule has 0 bridgehead atoms. The molecule has 1 heterocycles. The molecule has 5 nitrogen and oxygen atoms in total. The first-order chi connectivity index (χ1) is 9.45. The molecule has 0 spiro atoms. The summed E-state index contributed by atoms with van der Waals surface area (Å²) in [7, 11) is 0. The lowest BCUT2D eigenvalue weighted by Crippen LogP contribution is -2.53. The summed E-state index contributed by atoms with van der Waals surface area (Å²) in [5.41, 5.74) is 0.542. The minimum atomic E-state index is -0.404. The van der Waals surface area contributed by atoms with Crippen LogP contribution < -0.4 is 10.6 Å². The van der Waals surface area contributed by atoms with Crippen LogP contribution in [0.25, 0.3) is 0 Å². The van der Waals surface area contributed by atoms with E-state index in [-0.39, 0.29) is 18.4 Å². The molecule has 1 saturated heterocycles. The van der Waals surface area contributed by atoms with Crippen molar-refractivity contribution in [3.05, 3.63) is 28.2 Å². The second-order valence-electron chi connectivity index (χ2n) is 4.64. The molecule has 2 amide bonds. The van der Waals surface area contributed by atoms with Crippen LogP contribution in [-0.2, 0) is 9.59 Å². The van der Waals surface area contributed by atoms with E-state index in [0.717, 1.165) is 0 Å². The average molecular weight is 316 g/mol. The van der Waals surface area contributed by atoms with Crippen LogP contribution >= 0.6 is 23.2 Å². The highest BCUT2D eigenvalue weighted by atomic mass is 35.5. The topological polar surface area (TPSA) is 61.4 Å². The van der Waals surface area contributed by atoms with E-state index in [1.807, 2.05) is 4.90 Å². The zero-order valence-corrected chi connectivity index (χ0v) is 12.5. The molecule has 20 heavy (non-hydrogen) atoms. The largest absolute Gasteiger partial charge is 0.354 e. The van der Waals surface area contributed by atoms with Gasteiger partial charge in [0.25, 0.3) is 0 Å². The van der Waals surface area contributed by atoms with Crippen molar-refractivity contribution >= 4 is 40.7 Å². The molecule has 1 fully saturated rings. The summed E-state index contributed by atoms with van der Waals surface area (Å²) in [6, 6.07) is 4.44. The second-order valence-corrected chi connectivity index (χ2v) is 5.52. The molecule has 108 valence electrons. The maximum Gasteiger partial charge on any atom is 0.241 e. The lowest BCUT2D eigenvalue weighted by molar-refractivity contribution is -0.127. The lowest BCUT2D eigenvalue weighted by atomic mass is 10.2. The van der Waals surface area contributed by atoms with Gasteiger partial charge in [-0.3, -0.25) is 14.5 Å². The number of benzene rings is 1. The minimum absolute atomic E-state index is 0.0679. The van der Waals surface area contributed by atoms with Gasteiger partial charge in [-0.2, -0.15) is 0 Å². The van der Waals surface area contributed by atoms with E-state index < -0.39 is 6.04 Å². The summed E-state index contributed by atoms with van der Waals surface area (Å²) in [6.45, 7) is 3.20. The number of rotatable bonds is 3. The average Bonchev–Trinajstić information content (AvgIpc) is 2.36. The Hall–Kier alpha value is -1.30. The summed E-state index contributed by atoms with van der Waals surface area (Å²) in [6.07, 6.45) is 0. The van der Waals surface area contributed by atoms with Crippen LogP contribution in [0.1, 0.15) is 6.92 Å². The maximum atomic E-state index is 12.2. The monoisotopic (exact) mass is 315 g/mol. The highest BCUT2D eigenvalue weighted by Gasteiger charge is 2.26. The number of hydrogen-bond donors (Lipinski definition) is 2. The molecule has 0 aromatic heterocycles. The lowest BCUT2D eigenvalue weighted by Gasteiger charge is -2.31. The number of carbonyl (C=O) groups excluding carboxylic acids is 2. The van der Waals surface area contributed by atoms with Gasteiger partial charge in [0.05, 0.1) is 12.6 Å². The SMILES string of the molecule is C[C@@H](C(=O)Nc1cc(Cl)cc(Cl)c1)N1CCNC(=O)C1. The first kappa shape index (κ1) is 15.1. The van der Waals surface area contributed by atoms with E-state index in [0.29, 0.717) is 28.8 Å². The molecule has 2 rings (SSSR count). The van der Waals surface area contributed by atoms with Crippen LogP contribution in [0.5, 0.6) is 0 Å². The van der Waals surface area contributed by atoms with Crippen LogP contribution in [0.2, 0.25) is 10.0 Å². The third-order valence-electron chi connectivity index (χ3n) is 3.13. The van der Waals surface area contributed by atoms with Gasteiger partial charge in [-0.25, -0.2) is 0 Å². The number of nitrogens with zero attached hydrogens (tertiary/aromatic N) is 1. The van der Waals surface area contributed by atoms with Crippen molar-refractivity contribution in [2.75, 3.05) is 25.0 Å². The number of anilines is 1. The van der Waals surface area contributed by atoms with Crippen LogP contribution in [-0.4, -0.2) is 42.4 Å². The minimum Gasteiger partial charge on any atom is -0.354 e. The number of piperazine rings is 1. The quantitative estimate of drug-likeness (QED) is 0.893. The number of carbonyl (C=O) groups is 2. The Kier molecular flexibility index (Phi) is 4.86. The summed E-state index contributed by atoms with van der Waals surface area (Å²) in [4.78, 5) is 25.3. The van der Waals surface area contributed by atoms with E-state index in [2.05, 4.69) is 10.6 Å². The van der Waals surface area contributed by atoms with Gasteiger partial charge in [0.2, 0.25) is 11.8 Å². The molecule has 2 N–H and O–H groups in total. The first-order valence-electron chi connectivity index (χ1n) is 6.23. The Morgan fingerprint density at radius 3 is 2.60 bits per heavy atom. The molecular formula is C13H15Cl2N3O2. The van der Waals surface area contributed by atoms with Crippen molar-refractivity contribution < 1.29 is 9.59 Å². The predicted molar refractivity (Wildman–Crippen MR) is 79.1 cm³/mol. The van der Waals surface area contributed by atoms with Gasteiger partial charge in [-0.15, -0.1) is 0 Å². The van der Waals surface area contributed by atoms with Crippen molar-refractivity contribution in [1.82, 2.24) is 10.2 Å². The first-order valence-corrected chi connectivity index (χ1v) is 6.99. The van der Waals surface area contributed by atoms with Crippen molar-refractivity contribution in [2.45, 2.75) is 13.0 Å². The Balaban J connectivity index is 2.01. The maximum absolute atomic E-state index is 12.2. The fourth-order valence-electron chi connectivity index (χ4n) is 2.03. The van der Waals surface area contributed by atoms with Crippen LogP contribution in [0.4, 0.5) is 5.69 Å². The zero-order chi connectivity index (χ0) is 14.7. The van der Waals surface area contributed by atoms with Gasteiger partial charge in [0.15, 0.2) is 0 Å². The van der Waals surface area contributed by atoms with Crippen LogP contribution in [0.3, 0.4) is 0 Å². The van der Waals surface area contributed by atoms with Gasteiger partial charge in [0.1, 0.15) is 0 Å². The fourth-order valence-corrected chi connectivity index (χ4v) is 2.55. The fraction of sp³-hybridized carbons (Fsp3) is 0.385. The van der Waals surface area contributed by atoms with Crippen LogP contribution in [0, 0.1) is 0 Å². The third kappa shape index (κ3) is 3.85. The number of amides is 2. The van der Waals surface area contributed by atoms with Gasteiger partial charge in [-0.05, 0) is 25.1 Å². The molecule has 7 heteroatoms. The van der Waals surface area contributed by atoms with E-state index in [4.69, 9.17) is 23.2 Å². The molecule has 0 unspecified atom stereocenters. The van der Waals surface area contributed by atoms with E-state index in [9.17, 15) is 9.59 Å². The summed E-state index contributed by atoms with van der Waals surface area (Å²) in [5.74, 6) is -0.264. The van der Waals surface area contributed by atoms with E-state index >= 15 is 0 Å². The highest BCUT2D eigenvalue weighted by molar-refractivity contribution is 6.35. The molecule has 0 radical (unpaired) electrons. The molecule has 1 aromatic rings. The van der Waals surface area contributed by atoms with Crippen molar-refractivity contribution in [2.24, 2.45) is 0 Å². The summed E-state index contributed by atoms with van der Waals surface area (Å²) >= 11 is 11.8. The van der Waals surface area contributed by atoms with Gasteiger partial charge >= 0.3 is 0 Å². The Morgan fingerprint density at radius 2 is 2.00 bits per heavy atom. The Morgan fingerprint density at radius 1 is 1.35 bits per heavy atom. The van der Waals surface area contributed by atoms with Gasteiger partial charge in [-0.1, -0.05) is 23.2 Å². The van der Waals surface area contributed by atoms with Crippen molar-refractivity contribution in [3.8, 4) is 0 Å². The number of hydrogen-bond acceptors (Lipinski definition) is 3. The standard InChI is InChI=1S/C13H15Cl2N3O2/c1-8(18-3-2-16-12(19)7-18)13(20)17-11-5-9(14)4-10(15)6-11/h4-6,8H,2-3,7H2,1H3,(H,16,19)(H,17,20)/t8-/m0/s1. The highest BCUT2D eigenvalue weighted by Crippen LogP contribution is 2.22. The molecule has 1 aliphatic heterocycles. The molecule has 0 aliphatic carbocycles. The molecule has 1 aliphatic rings. The van der Waals surface area contributed by atoms with Gasteiger partial charge in [0, 0.05) is 28.8 Å². The molecule has 0 saturated carbocycles. The smallest absolute Gasteiger partial charge is 0.241 e. The number of halogens is 2. The Bertz CT molecular complexity index is 516. The molecule has 1 aromatic carbocycles. The summed E-state index contributed by atoms with van der Waals surface area (Å²) in [5, 5.41) is 6.39. The van der Waals surface area contributed by atoms with Gasteiger partial charge < -0.3 is 10.6 Å².